The fourth-order valence-corrected chi connectivity index (χ4v) is 3.11. The normalized spacial score (nSPS) is 12.4. The fourth-order valence-electron chi connectivity index (χ4n) is 2.34. The zero-order valence-electron chi connectivity index (χ0n) is 12.6. The second-order valence-electron chi connectivity index (χ2n) is 5.24. The number of rotatable bonds is 4. The first-order chi connectivity index (χ1) is 11.8. The Hall–Kier alpha value is -2.60. The predicted octanol–water partition coefficient (Wildman–Crippen LogP) is 4.30. The summed E-state index contributed by atoms with van der Waals surface area (Å²) in [6.07, 6.45) is 0. The molecular formula is C18H13FN2O2S. The maximum atomic E-state index is 12.9. The van der Waals surface area contributed by atoms with Crippen LogP contribution in [0.5, 0.6) is 11.5 Å². The zero-order chi connectivity index (χ0) is 16.4. The van der Waals surface area contributed by atoms with Crippen molar-refractivity contribution in [2.24, 2.45) is 0 Å². The highest BCUT2D eigenvalue weighted by atomic mass is 32.2. The highest BCUT2D eigenvalue weighted by Crippen LogP contribution is 2.35. The van der Waals surface area contributed by atoms with E-state index < -0.39 is 0 Å². The van der Waals surface area contributed by atoms with Gasteiger partial charge in [0.1, 0.15) is 10.8 Å². The topological polar surface area (TPSA) is 44.2 Å². The highest BCUT2D eigenvalue weighted by Gasteiger charge is 2.14. The Balaban J connectivity index is 1.45. The van der Waals surface area contributed by atoms with Gasteiger partial charge in [-0.05, 0) is 48.0 Å². The maximum Gasteiger partial charge on any atom is 0.231 e. The summed E-state index contributed by atoms with van der Waals surface area (Å²) in [6.45, 7) is 0.253. The van der Waals surface area contributed by atoms with E-state index in [1.807, 2.05) is 30.3 Å². The molecule has 0 atom stereocenters. The molecule has 0 saturated heterocycles. The minimum atomic E-state index is -0.225. The molecule has 1 aromatic heterocycles. The van der Waals surface area contributed by atoms with E-state index in [4.69, 9.17) is 9.47 Å². The van der Waals surface area contributed by atoms with Crippen LogP contribution in [0.2, 0.25) is 0 Å². The van der Waals surface area contributed by atoms with Crippen molar-refractivity contribution < 1.29 is 13.9 Å². The predicted molar refractivity (Wildman–Crippen MR) is 89.6 cm³/mol. The molecule has 4 nitrogen and oxygen atoms in total. The van der Waals surface area contributed by atoms with Gasteiger partial charge in [0.25, 0.3) is 0 Å². The summed E-state index contributed by atoms with van der Waals surface area (Å²) in [7, 11) is 0. The molecular weight excluding hydrogens is 327 g/mol. The molecule has 0 unspecified atom stereocenters. The third-order valence-corrected chi connectivity index (χ3v) is 4.60. The van der Waals surface area contributed by atoms with E-state index in [2.05, 4.69) is 10.2 Å². The van der Waals surface area contributed by atoms with Crippen LogP contribution in [0.25, 0.3) is 11.3 Å². The van der Waals surface area contributed by atoms with E-state index in [1.165, 1.54) is 12.1 Å². The first-order valence-corrected chi connectivity index (χ1v) is 8.37. The molecule has 120 valence electrons. The molecule has 0 radical (unpaired) electrons. The third-order valence-electron chi connectivity index (χ3n) is 3.61. The van der Waals surface area contributed by atoms with Crippen LogP contribution in [0.1, 0.15) is 5.56 Å². The van der Waals surface area contributed by atoms with Crippen LogP contribution in [0.3, 0.4) is 0 Å². The number of aromatic nitrogens is 2. The SMILES string of the molecule is Fc1ccc(CSc2ccc(-c3ccc4c(c3)OCO4)nn2)cc1. The molecule has 0 fully saturated rings. The van der Waals surface area contributed by atoms with E-state index in [0.29, 0.717) is 0 Å². The summed E-state index contributed by atoms with van der Waals surface area (Å²) in [5.41, 5.74) is 2.75. The lowest BCUT2D eigenvalue weighted by Gasteiger charge is -2.04. The van der Waals surface area contributed by atoms with Crippen molar-refractivity contribution in [1.82, 2.24) is 10.2 Å². The van der Waals surface area contributed by atoms with Gasteiger partial charge in [0, 0.05) is 11.3 Å². The molecule has 0 spiro atoms. The van der Waals surface area contributed by atoms with Crippen LogP contribution in [0, 0.1) is 5.82 Å². The summed E-state index contributed by atoms with van der Waals surface area (Å²) < 4.78 is 23.6. The van der Waals surface area contributed by atoms with Gasteiger partial charge in [0.15, 0.2) is 11.5 Å². The average molecular weight is 340 g/mol. The molecule has 24 heavy (non-hydrogen) atoms. The second kappa shape index (κ2) is 6.49. The van der Waals surface area contributed by atoms with Crippen LogP contribution in [0.4, 0.5) is 4.39 Å². The standard InChI is InChI=1S/C18H13FN2O2S/c19-14-4-1-12(2-5-14)10-24-18-8-6-15(20-21-18)13-3-7-16-17(9-13)23-11-22-16/h1-9H,10-11H2. The summed E-state index contributed by atoms with van der Waals surface area (Å²) in [4.78, 5) is 0. The Bertz CT molecular complexity index is 854. The van der Waals surface area contributed by atoms with Gasteiger partial charge in [-0.1, -0.05) is 23.9 Å². The van der Waals surface area contributed by atoms with Gasteiger partial charge >= 0.3 is 0 Å². The lowest BCUT2D eigenvalue weighted by atomic mass is 10.1. The minimum Gasteiger partial charge on any atom is -0.454 e. The largest absolute Gasteiger partial charge is 0.454 e. The number of ether oxygens (including phenoxy) is 2. The highest BCUT2D eigenvalue weighted by molar-refractivity contribution is 7.98. The van der Waals surface area contributed by atoms with Crippen molar-refractivity contribution in [1.29, 1.82) is 0 Å². The van der Waals surface area contributed by atoms with E-state index in [0.717, 1.165) is 39.1 Å². The van der Waals surface area contributed by atoms with Crippen molar-refractivity contribution >= 4 is 11.8 Å². The molecule has 1 aliphatic heterocycles. The first-order valence-electron chi connectivity index (χ1n) is 7.39. The van der Waals surface area contributed by atoms with Crippen molar-refractivity contribution in [2.75, 3.05) is 6.79 Å². The number of benzene rings is 2. The molecule has 0 saturated carbocycles. The number of hydrogen-bond donors (Lipinski definition) is 0. The van der Waals surface area contributed by atoms with Crippen molar-refractivity contribution in [2.45, 2.75) is 10.8 Å². The monoisotopic (exact) mass is 340 g/mol. The molecule has 0 bridgehead atoms. The average Bonchev–Trinajstić information content (AvgIpc) is 3.09. The molecule has 0 N–H and O–H groups in total. The molecule has 1 aliphatic rings. The van der Waals surface area contributed by atoms with Gasteiger partial charge in [-0.2, -0.15) is 0 Å². The lowest BCUT2D eigenvalue weighted by molar-refractivity contribution is 0.174. The molecule has 0 aliphatic carbocycles. The number of halogens is 1. The molecule has 3 aromatic rings. The van der Waals surface area contributed by atoms with Gasteiger partial charge in [0.05, 0.1) is 5.69 Å². The molecule has 0 amide bonds. The number of hydrogen-bond acceptors (Lipinski definition) is 5. The van der Waals surface area contributed by atoms with Crippen molar-refractivity contribution in [3.05, 3.63) is 66.0 Å². The quantitative estimate of drug-likeness (QED) is 0.663. The number of thioether (sulfide) groups is 1. The molecule has 6 heteroatoms. The minimum absolute atomic E-state index is 0.225. The summed E-state index contributed by atoms with van der Waals surface area (Å²) in [5.74, 6) is 1.97. The van der Waals surface area contributed by atoms with Crippen LogP contribution in [0.15, 0.2) is 59.6 Å². The Kier molecular flexibility index (Phi) is 4.04. The molecule has 4 rings (SSSR count). The van der Waals surface area contributed by atoms with Gasteiger partial charge < -0.3 is 9.47 Å². The smallest absolute Gasteiger partial charge is 0.231 e. The van der Waals surface area contributed by atoms with E-state index >= 15 is 0 Å². The van der Waals surface area contributed by atoms with Crippen molar-refractivity contribution in [3.63, 3.8) is 0 Å². The van der Waals surface area contributed by atoms with Gasteiger partial charge in [-0.3, -0.25) is 0 Å². The number of nitrogens with zero attached hydrogens (tertiary/aromatic N) is 2. The lowest BCUT2D eigenvalue weighted by Crippen LogP contribution is -1.93. The molecule has 2 aromatic carbocycles. The summed E-state index contributed by atoms with van der Waals surface area (Å²) in [6, 6.07) is 16.0. The van der Waals surface area contributed by atoms with Gasteiger partial charge in [0.2, 0.25) is 6.79 Å². The van der Waals surface area contributed by atoms with Crippen LogP contribution >= 0.6 is 11.8 Å². The van der Waals surface area contributed by atoms with Crippen LogP contribution in [-0.2, 0) is 5.75 Å². The summed E-state index contributed by atoms with van der Waals surface area (Å²) >= 11 is 1.56. The third kappa shape index (κ3) is 3.19. The van der Waals surface area contributed by atoms with Gasteiger partial charge in [-0.15, -0.1) is 10.2 Å². The Morgan fingerprint density at radius 1 is 0.917 bits per heavy atom. The van der Waals surface area contributed by atoms with Crippen LogP contribution < -0.4 is 9.47 Å². The Labute approximate surface area is 142 Å². The van der Waals surface area contributed by atoms with Crippen molar-refractivity contribution in [3.8, 4) is 22.8 Å². The van der Waals surface area contributed by atoms with E-state index in [-0.39, 0.29) is 12.6 Å². The maximum absolute atomic E-state index is 12.9. The molecule has 2 heterocycles. The van der Waals surface area contributed by atoms with E-state index in [9.17, 15) is 4.39 Å². The first kappa shape index (κ1) is 15.0. The zero-order valence-corrected chi connectivity index (χ0v) is 13.4. The van der Waals surface area contributed by atoms with E-state index in [1.54, 1.807) is 23.9 Å². The second-order valence-corrected chi connectivity index (χ2v) is 6.24. The number of fused-ring (bicyclic) bond motifs is 1. The fraction of sp³-hybridized carbons (Fsp3) is 0.111. The Morgan fingerprint density at radius 3 is 2.54 bits per heavy atom. The van der Waals surface area contributed by atoms with Crippen LogP contribution in [-0.4, -0.2) is 17.0 Å². The Morgan fingerprint density at radius 2 is 1.75 bits per heavy atom. The van der Waals surface area contributed by atoms with Gasteiger partial charge in [-0.25, -0.2) is 4.39 Å². The summed E-state index contributed by atoms with van der Waals surface area (Å²) in [5, 5.41) is 9.34.